The number of anilines is 2. The summed E-state index contributed by atoms with van der Waals surface area (Å²) in [4.78, 5) is 38.3. The zero-order valence-electron chi connectivity index (χ0n) is 19.2. The second-order valence-corrected chi connectivity index (χ2v) is 7.13. The Kier molecular flexibility index (Phi) is 9.85. The summed E-state index contributed by atoms with van der Waals surface area (Å²) in [6, 6.07) is 14.2. The van der Waals surface area contributed by atoms with Gasteiger partial charge in [-0.1, -0.05) is 36.4 Å². The average molecular weight is 466 g/mol. The van der Waals surface area contributed by atoms with Crippen LogP contribution in [-0.2, 0) is 23.9 Å². The Morgan fingerprint density at radius 2 is 1.32 bits per heavy atom. The predicted molar refractivity (Wildman–Crippen MR) is 132 cm³/mol. The molecular weight excluding hydrogens is 436 g/mol. The fraction of sp³-hybridized carbons (Fsp3) is 0.240. The fourth-order valence-corrected chi connectivity index (χ4v) is 3.05. The molecule has 2 rings (SSSR count). The van der Waals surface area contributed by atoms with E-state index in [4.69, 9.17) is 20.9 Å². The molecule has 0 aliphatic heterocycles. The first kappa shape index (κ1) is 26.1. The number of hydrogen-bond donors (Lipinski definition) is 3. The summed E-state index contributed by atoms with van der Waals surface area (Å²) in [5.74, 6) is -1.98. The van der Waals surface area contributed by atoms with Gasteiger partial charge in [0.25, 0.3) is 5.66 Å². The van der Waals surface area contributed by atoms with Crippen LogP contribution in [0.1, 0.15) is 18.1 Å². The molecule has 0 heterocycles. The van der Waals surface area contributed by atoms with Crippen molar-refractivity contribution in [3.8, 4) is 0 Å². The molecule has 0 unspecified atom stereocenters. The number of rotatable bonds is 12. The van der Waals surface area contributed by atoms with E-state index < -0.39 is 17.6 Å². The van der Waals surface area contributed by atoms with Crippen molar-refractivity contribution in [2.24, 2.45) is 0 Å². The third-order valence-electron chi connectivity index (χ3n) is 4.90. The highest BCUT2D eigenvalue weighted by Crippen LogP contribution is 2.16. The van der Waals surface area contributed by atoms with Gasteiger partial charge in [-0.25, -0.2) is 9.59 Å². The fourth-order valence-electron chi connectivity index (χ4n) is 3.05. The van der Waals surface area contributed by atoms with Gasteiger partial charge in [-0.3, -0.25) is 15.0 Å². The van der Waals surface area contributed by atoms with Crippen molar-refractivity contribution in [3.05, 3.63) is 71.8 Å². The van der Waals surface area contributed by atoms with Crippen molar-refractivity contribution >= 4 is 41.9 Å². The van der Waals surface area contributed by atoms with Crippen molar-refractivity contribution < 1.29 is 23.9 Å². The molecule has 5 N–H and O–H groups in total. The van der Waals surface area contributed by atoms with Gasteiger partial charge in [0.2, 0.25) is 0 Å². The molecule has 0 fully saturated rings. The molecule has 1 radical (unpaired) electrons. The Bertz CT molecular complexity index is 945. The van der Waals surface area contributed by atoms with Crippen molar-refractivity contribution in [2.45, 2.75) is 12.6 Å². The highest BCUT2D eigenvalue weighted by molar-refractivity contribution is 6.06. The van der Waals surface area contributed by atoms with E-state index in [0.29, 0.717) is 11.4 Å². The number of esters is 2. The van der Waals surface area contributed by atoms with Crippen molar-refractivity contribution in [2.75, 3.05) is 38.3 Å². The van der Waals surface area contributed by atoms with Gasteiger partial charge in [0, 0.05) is 17.9 Å². The third-order valence-corrected chi connectivity index (χ3v) is 4.90. The number of benzene rings is 2. The first-order valence-electron chi connectivity index (χ1n) is 10.6. The van der Waals surface area contributed by atoms with Crippen LogP contribution < -0.4 is 16.8 Å². The largest absolute Gasteiger partial charge is 0.458 e. The zero-order valence-corrected chi connectivity index (χ0v) is 19.2. The SMILES string of the molecule is CCN([C]=O)C(NC)(C(=O)OCC=Cc1ccc(N)cc1)C(=O)OCC=Cc1ccc(N)cc1. The highest BCUT2D eigenvalue weighted by atomic mass is 16.6. The van der Waals surface area contributed by atoms with Crippen LogP contribution in [0.25, 0.3) is 12.2 Å². The molecule has 0 saturated carbocycles. The molecule has 1 amide bonds. The van der Waals surface area contributed by atoms with E-state index >= 15 is 0 Å². The number of likely N-dealkylation sites (N-methyl/N-ethyl adjacent to an activating group) is 2. The van der Waals surface area contributed by atoms with Crippen molar-refractivity contribution in [3.63, 3.8) is 0 Å². The lowest BCUT2D eigenvalue weighted by Gasteiger charge is -2.35. The molecule has 0 atom stereocenters. The summed E-state index contributed by atoms with van der Waals surface area (Å²) in [6.07, 6.45) is 8.28. The number of carbonyl (C=O) groups excluding carboxylic acids is 3. The second-order valence-electron chi connectivity index (χ2n) is 7.13. The van der Waals surface area contributed by atoms with Crippen molar-refractivity contribution in [1.29, 1.82) is 0 Å². The van der Waals surface area contributed by atoms with Crippen LogP contribution in [-0.4, -0.2) is 55.7 Å². The van der Waals surface area contributed by atoms with Crippen LogP contribution in [0.15, 0.2) is 60.7 Å². The van der Waals surface area contributed by atoms with E-state index in [1.165, 1.54) is 7.05 Å². The molecule has 2 aromatic rings. The Hall–Kier alpha value is -4.11. The molecule has 0 spiro atoms. The monoisotopic (exact) mass is 465 g/mol. The lowest BCUT2D eigenvalue weighted by Crippen LogP contribution is -2.68. The van der Waals surface area contributed by atoms with E-state index in [1.54, 1.807) is 86.2 Å². The number of hydrogen-bond acceptors (Lipinski definition) is 8. The first-order valence-corrected chi connectivity index (χ1v) is 10.6. The molecule has 0 bridgehead atoms. The smallest absolute Gasteiger partial charge is 0.359 e. The second kappa shape index (κ2) is 12.8. The van der Waals surface area contributed by atoms with Crippen molar-refractivity contribution in [1.82, 2.24) is 10.2 Å². The number of nitrogen functional groups attached to an aromatic ring is 2. The number of amides is 1. The van der Waals surface area contributed by atoms with Gasteiger partial charge in [-0.15, -0.1) is 0 Å². The number of nitrogens with two attached hydrogens (primary N) is 2. The molecule has 0 aromatic heterocycles. The predicted octanol–water partition coefficient (Wildman–Crippen LogP) is 1.97. The van der Waals surface area contributed by atoms with E-state index in [9.17, 15) is 14.4 Å². The van der Waals surface area contributed by atoms with Crippen LogP contribution in [0.2, 0.25) is 0 Å². The minimum Gasteiger partial charge on any atom is -0.458 e. The Morgan fingerprint density at radius 3 is 1.65 bits per heavy atom. The van der Waals surface area contributed by atoms with Crippen LogP contribution >= 0.6 is 0 Å². The number of nitrogens with one attached hydrogen (secondary N) is 1. The molecule has 9 nitrogen and oxygen atoms in total. The summed E-state index contributed by atoms with van der Waals surface area (Å²) in [7, 11) is 1.36. The van der Waals surface area contributed by atoms with E-state index in [1.807, 2.05) is 0 Å². The Morgan fingerprint density at radius 1 is 0.912 bits per heavy atom. The molecule has 0 aliphatic rings. The standard InChI is InChI=1S/C25H29N4O5/c1-3-29(18-30)25(28-2,23(31)33-16-4-6-19-8-12-21(26)13-9-19)24(32)34-17-5-7-20-10-14-22(27)15-11-20/h4-15,28H,3,16-17,26-27H2,1-2H3. The summed E-state index contributed by atoms with van der Waals surface area (Å²) < 4.78 is 10.5. The molecule has 0 aliphatic carbocycles. The summed E-state index contributed by atoms with van der Waals surface area (Å²) in [6.45, 7) is 1.34. The van der Waals surface area contributed by atoms with E-state index in [-0.39, 0.29) is 19.8 Å². The van der Waals surface area contributed by atoms with Crippen LogP contribution in [0.5, 0.6) is 0 Å². The third kappa shape index (κ3) is 6.69. The summed E-state index contributed by atoms with van der Waals surface area (Å²) in [5, 5.41) is 2.59. The first-order chi connectivity index (χ1) is 16.4. The van der Waals surface area contributed by atoms with Crippen LogP contribution in [0, 0.1) is 0 Å². The van der Waals surface area contributed by atoms with Crippen LogP contribution in [0.4, 0.5) is 11.4 Å². The minimum absolute atomic E-state index is 0.0110. The topological polar surface area (TPSA) is 137 Å². The summed E-state index contributed by atoms with van der Waals surface area (Å²) >= 11 is 0. The molecule has 2 aromatic carbocycles. The van der Waals surface area contributed by atoms with Gasteiger partial charge in [0.15, 0.2) is 0 Å². The molecular formula is C25H29N4O5. The maximum atomic E-state index is 13.0. The van der Waals surface area contributed by atoms with E-state index in [2.05, 4.69) is 5.32 Å². The Balaban J connectivity index is 2.07. The Labute approximate surface area is 199 Å². The quantitative estimate of drug-likeness (QED) is 0.142. The number of carbonyl (C=O) groups is 2. The van der Waals surface area contributed by atoms with E-state index in [0.717, 1.165) is 16.0 Å². The number of nitrogens with zero attached hydrogens (tertiary/aromatic N) is 1. The average Bonchev–Trinajstić information content (AvgIpc) is 2.84. The summed E-state index contributed by atoms with van der Waals surface area (Å²) in [5.41, 5.74) is 12.1. The maximum absolute atomic E-state index is 13.0. The molecule has 9 heteroatoms. The molecule has 179 valence electrons. The number of ether oxygens (including phenoxy) is 2. The van der Waals surface area contributed by atoms with Crippen LogP contribution in [0.3, 0.4) is 0 Å². The maximum Gasteiger partial charge on any atom is 0.359 e. The minimum atomic E-state index is -2.18. The molecule has 0 saturated heterocycles. The van der Waals surface area contributed by atoms with Gasteiger partial charge in [-0.05, 0) is 61.5 Å². The zero-order chi connectivity index (χ0) is 25.0. The van der Waals surface area contributed by atoms with Gasteiger partial charge >= 0.3 is 18.3 Å². The lowest BCUT2D eigenvalue weighted by atomic mass is 10.1. The molecule has 34 heavy (non-hydrogen) atoms. The van der Waals surface area contributed by atoms with Gasteiger partial charge in [0.1, 0.15) is 13.2 Å². The van der Waals surface area contributed by atoms with Gasteiger partial charge < -0.3 is 20.9 Å². The normalized spacial score (nSPS) is 12.9. The van der Waals surface area contributed by atoms with Gasteiger partial charge in [0.05, 0.1) is 0 Å². The highest BCUT2D eigenvalue weighted by Gasteiger charge is 2.53. The van der Waals surface area contributed by atoms with Gasteiger partial charge in [-0.2, -0.15) is 0 Å². The lowest BCUT2D eigenvalue weighted by molar-refractivity contribution is -0.173.